The maximum Gasteiger partial charge on any atom is 0.258 e. The molecule has 0 spiro atoms. The molecule has 0 fully saturated rings. The summed E-state index contributed by atoms with van der Waals surface area (Å²) in [5.74, 6) is 0.610. The summed E-state index contributed by atoms with van der Waals surface area (Å²) in [4.78, 5) is 14.9. The van der Waals surface area contributed by atoms with E-state index in [0.29, 0.717) is 36.0 Å². The number of amides is 1. The van der Waals surface area contributed by atoms with Gasteiger partial charge in [0.15, 0.2) is 21.3 Å². The first-order chi connectivity index (χ1) is 13.4. The summed E-state index contributed by atoms with van der Waals surface area (Å²) in [6, 6.07) is 13.5. The monoisotopic (exact) mass is 401 g/mol. The number of para-hydroxylation sites is 1. The van der Waals surface area contributed by atoms with Crippen LogP contribution in [0.3, 0.4) is 0 Å². The lowest BCUT2D eigenvalue weighted by molar-refractivity contribution is 0.0982. The molecule has 0 bridgehead atoms. The number of benzene rings is 2. The van der Waals surface area contributed by atoms with E-state index >= 15 is 0 Å². The number of anilines is 1. The van der Waals surface area contributed by atoms with E-state index in [1.807, 2.05) is 32.0 Å². The van der Waals surface area contributed by atoms with Gasteiger partial charge in [-0.15, -0.1) is 0 Å². The van der Waals surface area contributed by atoms with Gasteiger partial charge in [-0.2, -0.15) is 0 Å². The lowest BCUT2D eigenvalue weighted by Gasteiger charge is -2.28. The number of carbonyl (C=O) groups is 1. The maximum absolute atomic E-state index is 13.4. The lowest BCUT2D eigenvalue weighted by Crippen LogP contribution is -2.41. The van der Waals surface area contributed by atoms with Gasteiger partial charge in [0.25, 0.3) is 5.91 Å². The summed E-state index contributed by atoms with van der Waals surface area (Å²) in [6.45, 7) is 4.64. The fraction of sp³-hybridized carbons (Fsp3) is 0.286. The minimum Gasteiger partial charge on any atom is -0.490 e. The van der Waals surface area contributed by atoms with Gasteiger partial charge in [0.2, 0.25) is 0 Å². The van der Waals surface area contributed by atoms with Crippen LogP contribution in [-0.2, 0) is 9.84 Å². The van der Waals surface area contributed by atoms with E-state index in [9.17, 15) is 13.2 Å². The number of hydrogen-bond donors (Lipinski definition) is 0. The quantitative estimate of drug-likeness (QED) is 0.711. The lowest BCUT2D eigenvalue weighted by atomic mass is 10.1. The van der Waals surface area contributed by atoms with Crippen LogP contribution in [0.5, 0.6) is 11.5 Å². The van der Waals surface area contributed by atoms with Crippen molar-refractivity contribution < 1.29 is 22.7 Å². The standard InChI is InChI=1S/C21H23NO5S/c1-3-26-19-11-10-16(14-20(19)27-4-2)21(23)22(17-8-6-5-7-9-17)18-12-13-28(24,25)15-18/h5-14,18H,3-4,15H2,1-2H3. The molecule has 148 valence electrons. The molecule has 0 N–H and O–H groups in total. The molecule has 1 aliphatic rings. The first kappa shape index (κ1) is 19.9. The van der Waals surface area contributed by atoms with Crippen molar-refractivity contribution in [3.05, 3.63) is 65.6 Å². The Balaban J connectivity index is 2.00. The molecule has 0 aromatic heterocycles. The van der Waals surface area contributed by atoms with Crippen molar-refractivity contribution in [1.29, 1.82) is 0 Å². The highest BCUT2D eigenvalue weighted by atomic mass is 32.2. The van der Waals surface area contributed by atoms with Gasteiger partial charge in [-0.25, -0.2) is 8.42 Å². The number of ether oxygens (including phenoxy) is 2. The summed E-state index contributed by atoms with van der Waals surface area (Å²) >= 11 is 0. The number of sulfone groups is 1. The van der Waals surface area contributed by atoms with Crippen LogP contribution >= 0.6 is 0 Å². The van der Waals surface area contributed by atoms with Gasteiger partial charge in [0, 0.05) is 16.7 Å². The Morgan fingerprint density at radius 3 is 2.32 bits per heavy atom. The average Bonchev–Trinajstić information content (AvgIpc) is 3.04. The number of nitrogens with zero attached hydrogens (tertiary/aromatic N) is 1. The third kappa shape index (κ3) is 4.36. The molecule has 0 saturated carbocycles. The molecule has 1 heterocycles. The molecule has 0 aliphatic carbocycles. The smallest absolute Gasteiger partial charge is 0.258 e. The third-order valence-corrected chi connectivity index (χ3v) is 5.66. The van der Waals surface area contributed by atoms with Crippen molar-refractivity contribution in [2.24, 2.45) is 0 Å². The molecule has 1 aliphatic heterocycles. The number of hydrogen-bond acceptors (Lipinski definition) is 5. The van der Waals surface area contributed by atoms with Crippen molar-refractivity contribution in [2.45, 2.75) is 19.9 Å². The Hall–Kier alpha value is -2.80. The topological polar surface area (TPSA) is 72.9 Å². The molecule has 7 heteroatoms. The van der Waals surface area contributed by atoms with Crippen molar-refractivity contribution in [3.8, 4) is 11.5 Å². The zero-order chi connectivity index (χ0) is 20.1. The molecule has 2 aromatic carbocycles. The highest BCUT2D eigenvalue weighted by molar-refractivity contribution is 7.94. The van der Waals surface area contributed by atoms with Crippen LogP contribution in [0.25, 0.3) is 0 Å². The molecule has 1 amide bonds. The summed E-state index contributed by atoms with van der Waals surface area (Å²) in [5.41, 5.74) is 1.03. The van der Waals surface area contributed by atoms with E-state index in [4.69, 9.17) is 9.47 Å². The molecule has 28 heavy (non-hydrogen) atoms. The molecular weight excluding hydrogens is 378 g/mol. The molecule has 1 atom stereocenters. The molecule has 3 rings (SSSR count). The summed E-state index contributed by atoms with van der Waals surface area (Å²) in [7, 11) is -3.31. The second-order valence-electron chi connectivity index (χ2n) is 6.26. The van der Waals surface area contributed by atoms with E-state index < -0.39 is 15.9 Å². The van der Waals surface area contributed by atoms with Gasteiger partial charge in [0.1, 0.15) is 0 Å². The van der Waals surface area contributed by atoms with Gasteiger partial charge in [-0.05, 0) is 50.3 Å². The predicted molar refractivity (Wildman–Crippen MR) is 109 cm³/mol. The van der Waals surface area contributed by atoms with Crippen LogP contribution in [-0.4, -0.2) is 39.3 Å². The number of rotatable bonds is 7. The Labute approximate surface area is 165 Å². The van der Waals surface area contributed by atoms with Crippen molar-refractivity contribution in [2.75, 3.05) is 23.9 Å². The van der Waals surface area contributed by atoms with Gasteiger partial charge in [-0.1, -0.05) is 18.2 Å². The summed E-state index contributed by atoms with van der Waals surface area (Å²) in [6.07, 6.45) is 1.55. The maximum atomic E-state index is 13.4. The van der Waals surface area contributed by atoms with Gasteiger partial charge in [-0.3, -0.25) is 4.79 Å². The highest BCUT2D eigenvalue weighted by Crippen LogP contribution is 2.31. The van der Waals surface area contributed by atoms with Crippen LogP contribution in [0.2, 0.25) is 0 Å². The van der Waals surface area contributed by atoms with Crippen molar-refractivity contribution in [3.63, 3.8) is 0 Å². The van der Waals surface area contributed by atoms with Crippen LogP contribution < -0.4 is 14.4 Å². The first-order valence-corrected chi connectivity index (χ1v) is 10.9. The molecule has 0 saturated heterocycles. The zero-order valence-electron chi connectivity index (χ0n) is 15.9. The van der Waals surface area contributed by atoms with Crippen LogP contribution in [0.15, 0.2) is 60.0 Å². The molecular formula is C21H23NO5S. The number of carbonyl (C=O) groups excluding carboxylic acids is 1. The Bertz CT molecular complexity index is 970. The average molecular weight is 401 g/mol. The summed E-state index contributed by atoms with van der Waals surface area (Å²) < 4.78 is 35.0. The first-order valence-electron chi connectivity index (χ1n) is 9.14. The van der Waals surface area contributed by atoms with Gasteiger partial charge < -0.3 is 14.4 Å². The van der Waals surface area contributed by atoms with E-state index in [2.05, 4.69) is 0 Å². The van der Waals surface area contributed by atoms with Gasteiger partial charge >= 0.3 is 0 Å². The van der Waals surface area contributed by atoms with E-state index in [0.717, 1.165) is 0 Å². The van der Waals surface area contributed by atoms with E-state index in [-0.39, 0.29) is 11.7 Å². The fourth-order valence-corrected chi connectivity index (χ4v) is 4.36. The largest absolute Gasteiger partial charge is 0.490 e. The van der Waals surface area contributed by atoms with Crippen LogP contribution in [0.1, 0.15) is 24.2 Å². The Morgan fingerprint density at radius 2 is 1.71 bits per heavy atom. The zero-order valence-corrected chi connectivity index (χ0v) is 16.7. The molecule has 1 unspecified atom stereocenters. The van der Waals surface area contributed by atoms with Crippen LogP contribution in [0.4, 0.5) is 5.69 Å². The van der Waals surface area contributed by atoms with E-state index in [1.54, 1.807) is 36.4 Å². The second kappa shape index (κ2) is 8.48. The van der Waals surface area contributed by atoms with Crippen molar-refractivity contribution >= 4 is 21.4 Å². The molecule has 0 radical (unpaired) electrons. The minimum atomic E-state index is -3.31. The predicted octanol–water partition coefficient (Wildman–Crippen LogP) is 3.44. The third-order valence-electron chi connectivity index (χ3n) is 4.29. The normalized spacial score (nSPS) is 17.3. The summed E-state index contributed by atoms with van der Waals surface area (Å²) in [5, 5.41) is 1.17. The Morgan fingerprint density at radius 1 is 1.04 bits per heavy atom. The van der Waals surface area contributed by atoms with Crippen LogP contribution in [0, 0.1) is 0 Å². The van der Waals surface area contributed by atoms with E-state index in [1.165, 1.54) is 10.3 Å². The highest BCUT2D eigenvalue weighted by Gasteiger charge is 2.32. The van der Waals surface area contributed by atoms with Crippen molar-refractivity contribution in [1.82, 2.24) is 0 Å². The Kier molecular flexibility index (Phi) is 6.04. The van der Waals surface area contributed by atoms with Gasteiger partial charge in [0.05, 0.1) is 25.0 Å². The minimum absolute atomic E-state index is 0.136. The molecule has 6 nitrogen and oxygen atoms in total. The molecule has 2 aromatic rings. The fourth-order valence-electron chi connectivity index (χ4n) is 3.09. The second-order valence-corrected chi connectivity index (χ2v) is 8.19. The SMILES string of the molecule is CCOc1ccc(C(=O)N(c2ccccc2)C2C=CS(=O)(=O)C2)cc1OCC.